The van der Waals surface area contributed by atoms with E-state index in [9.17, 15) is 9.90 Å². The molecule has 1 amide bonds. The molecule has 0 fully saturated rings. The molecule has 0 bridgehead atoms. The fraction of sp³-hybridized carbons (Fsp3) is 0.125. The number of halogens is 1. The van der Waals surface area contributed by atoms with Crippen LogP contribution >= 0.6 is 23.8 Å². The Morgan fingerprint density at radius 1 is 1.30 bits per heavy atom. The maximum Gasteiger partial charge on any atom is 0.264 e. The predicted octanol–water partition coefficient (Wildman–Crippen LogP) is 3.25. The molecule has 0 saturated carbocycles. The number of amides is 1. The molecule has 120 valence electrons. The molecule has 2 rings (SSSR count). The third-order valence-electron chi connectivity index (χ3n) is 2.85. The minimum Gasteiger partial charge on any atom is -0.506 e. The van der Waals surface area contributed by atoms with Gasteiger partial charge < -0.3 is 15.2 Å². The van der Waals surface area contributed by atoms with Gasteiger partial charge in [0.2, 0.25) is 0 Å². The van der Waals surface area contributed by atoms with Crippen molar-refractivity contribution in [1.82, 2.24) is 5.32 Å². The summed E-state index contributed by atoms with van der Waals surface area (Å²) < 4.78 is 5.35. The third kappa shape index (κ3) is 5.12. The molecule has 2 aromatic rings. The molecule has 0 heterocycles. The maximum absolute atomic E-state index is 11.8. The molecule has 0 radical (unpaired) electrons. The number of thiocarbonyl (C=S) groups is 1. The van der Waals surface area contributed by atoms with E-state index in [2.05, 4.69) is 10.6 Å². The summed E-state index contributed by atoms with van der Waals surface area (Å²) in [4.78, 5) is 11.8. The number of anilines is 1. The van der Waals surface area contributed by atoms with Crippen molar-refractivity contribution in [2.45, 2.75) is 6.92 Å². The summed E-state index contributed by atoms with van der Waals surface area (Å²) in [7, 11) is 0. The fourth-order valence-electron chi connectivity index (χ4n) is 1.76. The van der Waals surface area contributed by atoms with Crippen LogP contribution in [0.2, 0.25) is 5.02 Å². The van der Waals surface area contributed by atoms with E-state index < -0.39 is 5.91 Å². The van der Waals surface area contributed by atoms with Crippen LogP contribution in [0.3, 0.4) is 0 Å². The van der Waals surface area contributed by atoms with Gasteiger partial charge in [0.15, 0.2) is 11.7 Å². The lowest BCUT2D eigenvalue weighted by atomic mass is 10.2. The van der Waals surface area contributed by atoms with Crippen molar-refractivity contribution in [2.24, 2.45) is 0 Å². The summed E-state index contributed by atoms with van der Waals surface area (Å²) in [6.07, 6.45) is 0. The molecular weight excluding hydrogens is 336 g/mol. The Morgan fingerprint density at radius 3 is 2.74 bits per heavy atom. The zero-order valence-electron chi connectivity index (χ0n) is 12.3. The van der Waals surface area contributed by atoms with Crippen LogP contribution < -0.4 is 15.4 Å². The molecule has 0 atom stereocenters. The molecular formula is C16H15ClN2O3S. The van der Waals surface area contributed by atoms with Crippen molar-refractivity contribution >= 4 is 40.5 Å². The summed E-state index contributed by atoms with van der Waals surface area (Å²) in [5, 5.41) is 15.3. The zero-order valence-corrected chi connectivity index (χ0v) is 13.9. The van der Waals surface area contributed by atoms with Gasteiger partial charge >= 0.3 is 0 Å². The van der Waals surface area contributed by atoms with E-state index in [1.807, 2.05) is 13.0 Å². The fourth-order valence-corrected chi connectivity index (χ4v) is 2.28. The highest BCUT2D eigenvalue weighted by molar-refractivity contribution is 7.80. The number of phenolic OH excluding ortho intramolecular Hbond substituents is 1. The monoisotopic (exact) mass is 350 g/mol. The summed E-state index contributed by atoms with van der Waals surface area (Å²) in [6, 6.07) is 11.8. The summed E-state index contributed by atoms with van der Waals surface area (Å²) in [5.74, 6) is 0.0216. The smallest absolute Gasteiger partial charge is 0.264 e. The first-order chi connectivity index (χ1) is 11.0. The molecule has 0 aromatic heterocycles. The second-order valence-electron chi connectivity index (χ2n) is 4.74. The van der Waals surface area contributed by atoms with Gasteiger partial charge in [-0.25, -0.2) is 0 Å². The number of phenols is 1. The number of hydrogen-bond acceptors (Lipinski definition) is 4. The number of nitrogens with one attached hydrogen (secondary N) is 2. The van der Waals surface area contributed by atoms with Gasteiger partial charge in [0.25, 0.3) is 5.91 Å². The Hall–Kier alpha value is -2.31. The molecule has 3 N–H and O–H groups in total. The average molecular weight is 351 g/mol. The second kappa shape index (κ2) is 7.80. The SMILES string of the molecule is Cc1ccc(OCC(=O)NC(=S)Nc2ccccc2O)c(Cl)c1. The number of para-hydroxylation sites is 2. The predicted molar refractivity (Wildman–Crippen MR) is 94.2 cm³/mol. The van der Waals surface area contributed by atoms with Crippen LogP contribution in [0.1, 0.15) is 5.56 Å². The molecule has 0 aliphatic rings. The highest BCUT2D eigenvalue weighted by atomic mass is 35.5. The molecule has 5 nitrogen and oxygen atoms in total. The molecule has 0 saturated heterocycles. The third-order valence-corrected chi connectivity index (χ3v) is 3.35. The lowest BCUT2D eigenvalue weighted by Gasteiger charge is -2.12. The zero-order chi connectivity index (χ0) is 16.8. The van der Waals surface area contributed by atoms with E-state index in [0.717, 1.165) is 5.56 Å². The quantitative estimate of drug-likeness (QED) is 0.583. The van der Waals surface area contributed by atoms with Crippen molar-refractivity contribution < 1.29 is 14.6 Å². The minimum absolute atomic E-state index is 0.0341. The van der Waals surface area contributed by atoms with E-state index in [0.29, 0.717) is 16.5 Å². The maximum atomic E-state index is 11.8. The molecule has 0 aliphatic carbocycles. The Balaban J connectivity index is 1.85. The minimum atomic E-state index is -0.436. The number of rotatable bonds is 4. The van der Waals surface area contributed by atoms with E-state index in [4.69, 9.17) is 28.6 Å². The van der Waals surface area contributed by atoms with Gasteiger partial charge in [0, 0.05) is 0 Å². The standard InChI is InChI=1S/C16H15ClN2O3S/c1-10-6-7-14(11(17)8-10)22-9-15(21)19-16(23)18-12-4-2-3-5-13(12)20/h2-8,20H,9H2,1H3,(H2,18,19,21,23). The Labute approximate surface area is 144 Å². The first-order valence-corrected chi connectivity index (χ1v) is 7.52. The van der Waals surface area contributed by atoms with Crippen LogP contribution in [0.5, 0.6) is 11.5 Å². The second-order valence-corrected chi connectivity index (χ2v) is 5.56. The lowest BCUT2D eigenvalue weighted by Crippen LogP contribution is -2.37. The van der Waals surface area contributed by atoms with Crippen molar-refractivity contribution in [2.75, 3.05) is 11.9 Å². The normalized spacial score (nSPS) is 10.0. The van der Waals surface area contributed by atoms with Crippen LogP contribution in [0.4, 0.5) is 5.69 Å². The van der Waals surface area contributed by atoms with Crippen LogP contribution in [0.25, 0.3) is 0 Å². The number of hydrogen-bond donors (Lipinski definition) is 3. The van der Waals surface area contributed by atoms with Crippen LogP contribution in [-0.2, 0) is 4.79 Å². The molecule has 0 unspecified atom stereocenters. The number of ether oxygens (including phenoxy) is 1. The van der Waals surface area contributed by atoms with E-state index in [1.165, 1.54) is 6.07 Å². The molecule has 23 heavy (non-hydrogen) atoms. The highest BCUT2D eigenvalue weighted by Gasteiger charge is 2.09. The van der Waals surface area contributed by atoms with E-state index in [1.54, 1.807) is 30.3 Å². The van der Waals surface area contributed by atoms with Gasteiger partial charge in [-0.05, 0) is 49.0 Å². The van der Waals surface area contributed by atoms with E-state index >= 15 is 0 Å². The summed E-state index contributed by atoms with van der Waals surface area (Å²) >= 11 is 11.0. The van der Waals surface area contributed by atoms with Gasteiger partial charge in [-0.3, -0.25) is 10.1 Å². The van der Waals surface area contributed by atoms with Crippen molar-refractivity contribution in [3.05, 3.63) is 53.1 Å². The van der Waals surface area contributed by atoms with Gasteiger partial charge in [-0.15, -0.1) is 0 Å². The number of carbonyl (C=O) groups is 1. The molecule has 0 spiro atoms. The van der Waals surface area contributed by atoms with Crippen LogP contribution in [0, 0.1) is 6.92 Å². The van der Waals surface area contributed by atoms with E-state index in [-0.39, 0.29) is 17.5 Å². The average Bonchev–Trinajstić information content (AvgIpc) is 2.48. The lowest BCUT2D eigenvalue weighted by molar-refractivity contribution is -0.121. The number of aromatic hydroxyl groups is 1. The molecule has 2 aromatic carbocycles. The van der Waals surface area contributed by atoms with Crippen LogP contribution in [-0.4, -0.2) is 22.7 Å². The largest absolute Gasteiger partial charge is 0.506 e. The summed E-state index contributed by atoms with van der Waals surface area (Å²) in [5.41, 5.74) is 1.40. The first-order valence-electron chi connectivity index (χ1n) is 6.73. The number of carbonyl (C=O) groups excluding carboxylic acids is 1. The van der Waals surface area contributed by atoms with Gasteiger partial charge in [0.05, 0.1) is 10.7 Å². The Kier molecular flexibility index (Phi) is 5.78. The van der Waals surface area contributed by atoms with Crippen molar-refractivity contribution in [3.8, 4) is 11.5 Å². The van der Waals surface area contributed by atoms with Crippen molar-refractivity contribution in [3.63, 3.8) is 0 Å². The topological polar surface area (TPSA) is 70.6 Å². The van der Waals surface area contributed by atoms with Crippen molar-refractivity contribution in [1.29, 1.82) is 0 Å². The van der Waals surface area contributed by atoms with Gasteiger partial charge in [-0.2, -0.15) is 0 Å². The Bertz CT molecular complexity index is 737. The Morgan fingerprint density at radius 2 is 2.04 bits per heavy atom. The summed E-state index contributed by atoms with van der Waals surface area (Å²) in [6.45, 7) is 1.68. The highest BCUT2D eigenvalue weighted by Crippen LogP contribution is 2.25. The van der Waals surface area contributed by atoms with Crippen LogP contribution in [0.15, 0.2) is 42.5 Å². The number of benzene rings is 2. The molecule has 7 heteroatoms. The van der Waals surface area contributed by atoms with Gasteiger partial charge in [-0.1, -0.05) is 29.8 Å². The molecule has 0 aliphatic heterocycles. The van der Waals surface area contributed by atoms with Gasteiger partial charge in [0.1, 0.15) is 11.5 Å². The first kappa shape index (κ1) is 17.1. The number of aryl methyl sites for hydroxylation is 1.